The molecule has 2 N–H and O–H groups in total. The van der Waals surface area contributed by atoms with Gasteiger partial charge in [-0.3, -0.25) is 10.2 Å². The van der Waals surface area contributed by atoms with Gasteiger partial charge in [-0.05, 0) is 43.6 Å². The van der Waals surface area contributed by atoms with E-state index in [4.69, 9.17) is 9.47 Å². The number of benzene rings is 2. The van der Waals surface area contributed by atoms with Crippen molar-refractivity contribution in [1.29, 1.82) is 0 Å². The molecule has 0 radical (unpaired) electrons. The Morgan fingerprint density at radius 3 is 2.65 bits per heavy atom. The average molecular weight is 467 g/mol. The molecule has 0 saturated carbocycles. The number of piperidine rings is 1. The van der Waals surface area contributed by atoms with Crippen molar-refractivity contribution in [3.8, 4) is 5.75 Å². The average Bonchev–Trinajstić information content (AvgIpc) is 3.21. The molecule has 1 fully saturated rings. The number of nitrogens with zero attached hydrogens (tertiary/aromatic N) is 4. The fourth-order valence-electron chi connectivity index (χ4n) is 4.34. The first-order valence-electron chi connectivity index (χ1n) is 12.1. The van der Waals surface area contributed by atoms with Crippen LogP contribution in [0.2, 0.25) is 0 Å². The van der Waals surface area contributed by atoms with Crippen molar-refractivity contribution in [1.82, 2.24) is 14.8 Å². The number of quaternary nitrogens is 1. The van der Waals surface area contributed by atoms with Gasteiger partial charge in [0.05, 0.1) is 19.8 Å². The van der Waals surface area contributed by atoms with Gasteiger partial charge in [-0.25, -0.2) is 4.99 Å². The molecule has 1 unspecified atom stereocenters. The number of aliphatic imine (C=N–C) groups is 1. The Morgan fingerprint density at radius 2 is 1.85 bits per heavy atom. The predicted molar refractivity (Wildman–Crippen MR) is 136 cm³/mol. The highest BCUT2D eigenvalue weighted by Gasteiger charge is 2.40. The summed E-state index contributed by atoms with van der Waals surface area (Å²) in [5.41, 5.74) is 2.26. The van der Waals surface area contributed by atoms with E-state index in [1.807, 2.05) is 43.4 Å². The molecule has 2 aliphatic rings. The topological polar surface area (TPSA) is 78.7 Å². The molecule has 0 amide bonds. The van der Waals surface area contributed by atoms with E-state index in [1.54, 1.807) is 0 Å². The number of ether oxygens (including phenoxy) is 2. The fourth-order valence-corrected chi connectivity index (χ4v) is 4.34. The van der Waals surface area contributed by atoms with Crippen LogP contribution in [0.5, 0.6) is 5.75 Å². The zero-order chi connectivity index (χ0) is 23.6. The highest BCUT2D eigenvalue weighted by Crippen LogP contribution is 2.24. The van der Waals surface area contributed by atoms with E-state index < -0.39 is 0 Å². The van der Waals surface area contributed by atoms with Gasteiger partial charge in [-0.2, -0.15) is 0 Å². The second-order valence-electron chi connectivity index (χ2n) is 8.77. The third kappa shape index (κ3) is 6.42. The Labute approximate surface area is 202 Å². The summed E-state index contributed by atoms with van der Waals surface area (Å²) in [6.45, 7) is 5.17. The van der Waals surface area contributed by atoms with Crippen LogP contribution in [-0.4, -0.2) is 74.9 Å². The molecule has 2 aromatic rings. The van der Waals surface area contributed by atoms with Crippen LogP contribution in [0.3, 0.4) is 0 Å². The van der Waals surface area contributed by atoms with Crippen LogP contribution in [0.15, 0.2) is 64.7 Å². The Bertz CT molecular complexity index is 975. The van der Waals surface area contributed by atoms with Crippen molar-refractivity contribution in [3.05, 3.63) is 60.2 Å². The molecule has 0 aliphatic carbocycles. The molecule has 182 valence electrons. The van der Waals surface area contributed by atoms with E-state index in [-0.39, 0.29) is 11.2 Å². The van der Waals surface area contributed by atoms with Crippen LogP contribution in [0.1, 0.15) is 24.8 Å². The van der Waals surface area contributed by atoms with Crippen LogP contribution < -0.4 is 14.6 Å². The molecule has 8 heteroatoms. The second-order valence-corrected chi connectivity index (χ2v) is 8.77. The Kier molecular flexibility index (Phi) is 8.65. The van der Waals surface area contributed by atoms with E-state index in [9.17, 15) is 5.11 Å². The number of nitrogens with one attached hydrogen (secondary N) is 1. The third-order valence-corrected chi connectivity index (χ3v) is 6.14. The first-order chi connectivity index (χ1) is 16.7. The molecule has 0 bridgehead atoms. The summed E-state index contributed by atoms with van der Waals surface area (Å²) in [5.74, 6) is 2.06. The van der Waals surface area contributed by atoms with Crippen molar-refractivity contribution in [2.45, 2.75) is 25.8 Å². The minimum absolute atomic E-state index is 0.146. The number of aliphatic hydroxyl groups is 1. The summed E-state index contributed by atoms with van der Waals surface area (Å²) >= 11 is 0. The van der Waals surface area contributed by atoms with Gasteiger partial charge in [0.2, 0.25) is 0 Å². The van der Waals surface area contributed by atoms with Crippen molar-refractivity contribution in [2.75, 3.05) is 53.1 Å². The van der Waals surface area contributed by atoms with Crippen molar-refractivity contribution >= 4 is 17.5 Å². The monoisotopic (exact) mass is 466 g/mol. The second kappa shape index (κ2) is 12.1. The van der Waals surface area contributed by atoms with Gasteiger partial charge in [0.15, 0.2) is 11.5 Å². The molecule has 0 spiro atoms. The van der Waals surface area contributed by atoms with Gasteiger partial charge in [-0.15, -0.1) is 4.59 Å². The number of amidine groups is 1. The Hall–Kier alpha value is -2.78. The third-order valence-electron chi connectivity index (χ3n) is 6.14. The zero-order valence-corrected chi connectivity index (χ0v) is 20.0. The molecule has 2 heterocycles. The van der Waals surface area contributed by atoms with Gasteiger partial charge >= 0.3 is 5.96 Å². The van der Waals surface area contributed by atoms with Gasteiger partial charge < -0.3 is 14.6 Å². The number of guanidine groups is 1. The number of hydrogen-bond acceptors (Lipinski definition) is 6. The molecule has 8 nitrogen and oxygen atoms in total. The summed E-state index contributed by atoms with van der Waals surface area (Å²) in [5, 5.41) is 17.2. The highest BCUT2D eigenvalue weighted by molar-refractivity contribution is 6.09. The van der Waals surface area contributed by atoms with Crippen LogP contribution in [-0.2, 0) is 11.3 Å². The first-order valence-corrected chi connectivity index (χ1v) is 12.1. The van der Waals surface area contributed by atoms with E-state index in [0.29, 0.717) is 38.2 Å². The molecular weight excluding hydrogens is 430 g/mol. The fraction of sp³-hybridized carbons (Fsp3) is 0.462. The summed E-state index contributed by atoms with van der Waals surface area (Å²) in [6, 6.07) is 18.3. The molecule has 2 aliphatic heterocycles. The maximum Gasteiger partial charge on any atom is 0.335 e. The quantitative estimate of drug-likeness (QED) is 0.393. The maximum absolute atomic E-state index is 9.53. The van der Waals surface area contributed by atoms with Crippen LogP contribution in [0.4, 0.5) is 5.69 Å². The first kappa shape index (κ1) is 24.3. The molecule has 1 atom stereocenters. The van der Waals surface area contributed by atoms with E-state index >= 15 is 0 Å². The van der Waals surface area contributed by atoms with Gasteiger partial charge in [-0.1, -0.05) is 41.9 Å². The zero-order valence-electron chi connectivity index (χ0n) is 20.0. The van der Waals surface area contributed by atoms with Crippen LogP contribution >= 0.6 is 0 Å². The number of hydrogen-bond donors (Lipinski definition) is 2. The lowest BCUT2D eigenvalue weighted by molar-refractivity contribution is 0.106. The summed E-state index contributed by atoms with van der Waals surface area (Å²) in [6.07, 6.45) is 3.95. The largest absolute Gasteiger partial charge is 0.491 e. The van der Waals surface area contributed by atoms with E-state index in [1.165, 1.54) is 37.9 Å². The van der Waals surface area contributed by atoms with Crippen LogP contribution in [0, 0.1) is 0 Å². The maximum atomic E-state index is 9.53. The van der Waals surface area contributed by atoms with Crippen molar-refractivity contribution in [2.24, 2.45) is 10.1 Å². The minimum Gasteiger partial charge on any atom is -0.491 e. The normalized spacial score (nSPS) is 21.9. The number of aliphatic hydroxyl groups excluding tert-OH is 1. The van der Waals surface area contributed by atoms with Gasteiger partial charge in [0.25, 0.3) is 0 Å². The van der Waals surface area contributed by atoms with Gasteiger partial charge in [0.1, 0.15) is 26.0 Å². The molecule has 1 saturated heterocycles. The summed E-state index contributed by atoms with van der Waals surface area (Å²) in [7, 11) is 1.94. The molecule has 0 aromatic heterocycles. The molecule has 34 heavy (non-hydrogen) atoms. The number of rotatable bonds is 11. The number of likely N-dealkylation sites (tertiary alicyclic amines) is 1. The Morgan fingerprint density at radius 1 is 1.03 bits per heavy atom. The lowest BCUT2D eigenvalue weighted by Crippen LogP contribution is -2.47. The summed E-state index contributed by atoms with van der Waals surface area (Å²) < 4.78 is 11.8. The predicted octanol–water partition coefficient (Wildman–Crippen LogP) is 2.97. The van der Waals surface area contributed by atoms with Crippen LogP contribution in [0.25, 0.3) is 0 Å². The van der Waals surface area contributed by atoms with E-state index in [2.05, 4.69) is 38.5 Å². The van der Waals surface area contributed by atoms with Crippen molar-refractivity contribution < 1.29 is 14.6 Å². The molecule has 2 aromatic carbocycles. The van der Waals surface area contributed by atoms with E-state index in [0.717, 1.165) is 18.0 Å². The standard InChI is InChI=1S/C26H36N5O3/c1-31(23-10-4-2-5-11-23)26(28-25(21-32)29-31)27-13-16-33-17-18-34-24-12-8-9-22(19-24)20-30-14-6-3-7-15-30/h2,4-5,8-12,19,32H,3,6-7,13-18,20-21H2,1H3,(H,27,28,29)/q+1. The SMILES string of the molecule is C[N+]1(c2ccccc2)N=C(CO)NC1=NCCOCCOc1cccc(CN2CCCCC2)c1. The minimum atomic E-state index is -0.160. The van der Waals surface area contributed by atoms with Gasteiger partial charge in [0, 0.05) is 18.7 Å². The van der Waals surface area contributed by atoms with Crippen molar-refractivity contribution in [3.63, 3.8) is 0 Å². The smallest absolute Gasteiger partial charge is 0.335 e. The Balaban J connectivity index is 1.20. The number of para-hydroxylation sites is 1. The summed E-state index contributed by atoms with van der Waals surface area (Å²) in [4.78, 5) is 7.17. The lowest BCUT2D eigenvalue weighted by atomic mass is 10.1. The highest BCUT2D eigenvalue weighted by atomic mass is 16.5. The lowest BCUT2D eigenvalue weighted by Gasteiger charge is -2.26. The molecule has 4 rings (SSSR count). The molecular formula is C26H36N5O3+.